The predicted molar refractivity (Wildman–Crippen MR) is 115 cm³/mol. The van der Waals surface area contributed by atoms with E-state index in [9.17, 15) is 0 Å². The molecule has 0 radical (unpaired) electrons. The molecule has 1 heterocycles. The second-order valence-electron chi connectivity index (χ2n) is 9.23. The molecule has 1 aliphatic carbocycles. The van der Waals surface area contributed by atoms with E-state index in [0.29, 0.717) is 0 Å². The van der Waals surface area contributed by atoms with Crippen LogP contribution in [0, 0.1) is 0 Å². The van der Waals surface area contributed by atoms with Crippen LogP contribution in [0.3, 0.4) is 0 Å². The van der Waals surface area contributed by atoms with E-state index in [4.69, 9.17) is 4.98 Å². The second kappa shape index (κ2) is 5.42. The lowest BCUT2D eigenvalue weighted by Gasteiger charge is -2.23. The summed E-state index contributed by atoms with van der Waals surface area (Å²) in [7, 11) is 0. The van der Waals surface area contributed by atoms with E-state index >= 15 is 0 Å². The lowest BCUT2D eigenvalue weighted by Crippen LogP contribution is -2.18. The summed E-state index contributed by atoms with van der Waals surface area (Å²) in [5.41, 5.74) is 6.84. The zero-order valence-electron chi connectivity index (χ0n) is 16.5. The molecule has 0 saturated carbocycles. The number of hydrogen-bond donors (Lipinski definition) is 0. The Morgan fingerprint density at radius 3 is 2.26 bits per heavy atom. The molecule has 1 heteroatoms. The first-order valence-electron chi connectivity index (χ1n) is 9.79. The average molecular weight is 351 g/mol. The molecule has 1 nitrogen and oxygen atoms in total. The Morgan fingerprint density at radius 2 is 1.48 bits per heavy atom. The summed E-state index contributed by atoms with van der Waals surface area (Å²) < 4.78 is 0. The SMILES string of the molecule is CC1(C)CC(C)(C)c2c1cnc1c(-c3ccccc3)c3ccccc3cc21. The highest BCUT2D eigenvalue weighted by molar-refractivity contribution is 6.12. The molecule has 3 aromatic carbocycles. The summed E-state index contributed by atoms with van der Waals surface area (Å²) in [5.74, 6) is 0. The monoisotopic (exact) mass is 351 g/mol. The highest BCUT2D eigenvalue weighted by Crippen LogP contribution is 2.52. The van der Waals surface area contributed by atoms with Crippen LogP contribution in [-0.2, 0) is 10.8 Å². The molecule has 0 fully saturated rings. The van der Waals surface area contributed by atoms with Gasteiger partial charge >= 0.3 is 0 Å². The normalized spacial score (nSPS) is 17.3. The van der Waals surface area contributed by atoms with E-state index in [2.05, 4.69) is 94.6 Å². The number of nitrogens with zero attached hydrogens (tertiary/aromatic N) is 1. The summed E-state index contributed by atoms with van der Waals surface area (Å²) in [6, 6.07) is 21.8. The maximum Gasteiger partial charge on any atom is 0.0789 e. The molecule has 0 bridgehead atoms. The number of pyridine rings is 1. The molecule has 5 rings (SSSR count). The highest BCUT2D eigenvalue weighted by atomic mass is 14.7. The van der Waals surface area contributed by atoms with Crippen LogP contribution in [0.1, 0.15) is 45.2 Å². The smallest absolute Gasteiger partial charge is 0.0789 e. The fourth-order valence-corrected chi connectivity index (χ4v) is 5.43. The van der Waals surface area contributed by atoms with Gasteiger partial charge in [0.1, 0.15) is 0 Å². The number of hydrogen-bond acceptors (Lipinski definition) is 1. The van der Waals surface area contributed by atoms with Crippen LogP contribution in [0.25, 0.3) is 32.8 Å². The van der Waals surface area contributed by atoms with E-state index in [-0.39, 0.29) is 10.8 Å². The molecule has 0 atom stereocenters. The van der Waals surface area contributed by atoms with Gasteiger partial charge in [0, 0.05) is 17.1 Å². The lowest BCUT2D eigenvalue weighted by molar-refractivity contribution is 0.404. The van der Waals surface area contributed by atoms with E-state index < -0.39 is 0 Å². The minimum atomic E-state index is 0.149. The third kappa shape index (κ3) is 2.34. The van der Waals surface area contributed by atoms with Gasteiger partial charge in [0.2, 0.25) is 0 Å². The van der Waals surface area contributed by atoms with Crippen molar-refractivity contribution >= 4 is 21.7 Å². The Balaban J connectivity index is 2.00. The van der Waals surface area contributed by atoms with Gasteiger partial charge in [0.15, 0.2) is 0 Å². The zero-order chi connectivity index (χ0) is 18.8. The number of aromatic nitrogens is 1. The van der Waals surface area contributed by atoms with E-state index in [1.165, 1.54) is 38.4 Å². The average Bonchev–Trinajstić information content (AvgIpc) is 2.84. The maximum atomic E-state index is 5.04. The minimum absolute atomic E-state index is 0.149. The van der Waals surface area contributed by atoms with Crippen LogP contribution >= 0.6 is 0 Å². The Bertz CT molecular complexity index is 1180. The molecule has 134 valence electrons. The number of rotatable bonds is 1. The molecule has 4 aromatic rings. The molecule has 0 unspecified atom stereocenters. The maximum absolute atomic E-state index is 5.04. The van der Waals surface area contributed by atoms with E-state index in [1.807, 2.05) is 0 Å². The van der Waals surface area contributed by atoms with Crippen LogP contribution in [-0.4, -0.2) is 4.98 Å². The number of fused-ring (bicyclic) bond motifs is 4. The molecular formula is C26H25N. The standard InChI is InChI=1S/C26H25N/c1-25(2)16-26(3,4)23-20-14-18-12-8-9-13-19(18)22(17-10-6-5-7-11-17)24(20)27-15-21(23)25/h5-15H,16H2,1-4H3. The van der Waals surface area contributed by atoms with Gasteiger partial charge in [-0.2, -0.15) is 0 Å². The molecule has 1 aliphatic rings. The zero-order valence-corrected chi connectivity index (χ0v) is 16.5. The van der Waals surface area contributed by atoms with Gasteiger partial charge in [0.05, 0.1) is 5.52 Å². The first kappa shape index (κ1) is 16.5. The van der Waals surface area contributed by atoms with Crippen molar-refractivity contribution in [3.63, 3.8) is 0 Å². The van der Waals surface area contributed by atoms with Gasteiger partial charge in [-0.1, -0.05) is 82.3 Å². The third-order valence-corrected chi connectivity index (χ3v) is 6.24. The van der Waals surface area contributed by atoms with Crippen LogP contribution in [0.5, 0.6) is 0 Å². The van der Waals surface area contributed by atoms with Gasteiger partial charge < -0.3 is 0 Å². The van der Waals surface area contributed by atoms with Crippen molar-refractivity contribution in [1.82, 2.24) is 4.98 Å². The van der Waals surface area contributed by atoms with Crippen LogP contribution < -0.4 is 0 Å². The van der Waals surface area contributed by atoms with Crippen molar-refractivity contribution in [3.8, 4) is 11.1 Å². The van der Waals surface area contributed by atoms with Gasteiger partial charge in [0.25, 0.3) is 0 Å². The van der Waals surface area contributed by atoms with Crippen molar-refractivity contribution in [2.75, 3.05) is 0 Å². The Morgan fingerprint density at radius 1 is 0.778 bits per heavy atom. The molecule has 0 N–H and O–H groups in total. The molecule has 0 saturated heterocycles. The van der Waals surface area contributed by atoms with Gasteiger partial charge in [-0.25, -0.2) is 0 Å². The molecule has 27 heavy (non-hydrogen) atoms. The van der Waals surface area contributed by atoms with Crippen LogP contribution in [0.2, 0.25) is 0 Å². The summed E-state index contributed by atoms with van der Waals surface area (Å²) >= 11 is 0. The van der Waals surface area contributed by atoms with Crippen molar-refractivity contribution in [2.24, 2.45) is 0 Å². The van der Waals surface area contributed by atoms with Crippen molar-refractivity contribution < 1.29 is 0 Å². The molecule has 0 spiro atoms. The van der Waals surface area contributed by atoms with Crippen molar-refractivity contribution in [1.29, 1.82) is 0 Å². The second-order valence-corrected chi connectivity index (χ2v) is 9.23. The van der Waals surface area contributed by atoms with Gasteiger partial charge in [-0.3, -0.25) is 4.98 Å². The summed E-state index contributed by atoms with van der Waals surface area (Å²) in [5, 5.41) is 3.89. The van der Waals surface area contributed by atoms with Gasteiger partial charge in [-0.05, 0) is 50.8 Å². The fraction of sp³-hybridized carbons (Fsp3) is 0.269. The van der Waals surface area contributed by atoms with Crippen molar-refractivity contribution in [3.05, 3.63) is 78.0 Å². The topological polar surface area (TPSA) is 12.9 Å². The first-order valence-corrected chi connectivity index (χ1v) is 9.79. The summed E-state index contributed by atoms with van der Waals surface area (Å²) in [4.78, 5) is 5.04. The fourth-order valence-electron chi connectivity index (χ4n) is 5.43. The quantitative estimate of drug-likeness (QED) is 0.336. The van der Waals surface area contributed by atoms with Crippen molar-refractivity contribution in [2.45, 2.75) is 44.9 Å². The predicted octanol–water partition coefficient (Wildman–Crippen LogP) is 7.01. The minimum Gasteiger partial charge on any atom is -0.255 e. The highest BCUT2D eigenvalue weighted by Gasteiger charge is 2.43. The Kier molecular flexibility index (Phi) is 3.31. The largest absolute Gasteiger partial charge is 0.255 e. The Labute approximate surface area is 161 Å². The van der Waals surface area contributed by atoms with E-state index in [1.54, 1.807) is 0 Å². The number of benzene rings is 3. The summed E-state index contributed by atoms with van der Waals surface area (Å²) in [6.45, 7) is 9.48. The first-order chi connectivity index (χ1) is 12.9. The Hall–Kier alpha value is -2.67. The molecular weight excluding hydrogens is 326 g/mol. The molecule has 0 aliphatic heterocycles. The molecule has 0 amide bonds. The van der Waals surface area contributed by atoms with Crippen LogP contribution in [0.4, 0.5) is 0 Å². The third-order valence-electron chi connectivity index (χ3n) is 6.24. The molecule has 1 aromatic heterocycles. The summed E-state index contributed by atoms with van der Waals surface area (Å²) in [6.07, 6.45) is 3.30. The van der Waals surface area contributed by atoms with E-state index in [0.717, 1.165) is 11.9 Å². The lowest BCUT2D eigenvalue weighted by atomic mass is 9.81. The van der Waals surface area contributed by atoms with Gasteiger partial charge in [-0.15, -0.1) is 0 Å². The van der Waals surface area contributed by atoms with Crippen LogP contribution in [0.15, 0.2) is 66.9 Å².